The Balaban J connectivity index is 2.12. The fraction of sp³-hybridized carbons (Fsp3) is 0.0769. The number of benzene rings is 1. The maximum Gasteiger partial charge on any atom is 0.358 e. The summed E-state index contributed by atoms with van der Waals surface area (Å²) in [6, 6.07) is 12.8. The zero-order valence-corrected chi connectivity index (χ0v) is 9.04. The second kappa shape index (κ2) is 5.12. The first-order valence-corrected chi connectivity index (χ1v) is 5.12. The fourth-order valence-electron chi connectivity index (χ4n) is 1.40. The quantitative estimate of drug-likeness (QED) is 0.874. The molecule has 0 fully saturated rings. The molecule has 0 atom stereocenters. The molecule has 17 heavy (non-hydrogen) atoms. The van der Waals surface area contributed by atoms with Gasteiger partial charge in [0.15, 0.2) is 11.4 Å². The van der Waals surface area contributed by atoms with Crippen molar-refractivity contribution in [2.45, 2.75) is 6.61 Å². The average Bonchev–Trinajstić information content (AvgIpc) is 2.38. The normalized spacial score (nSPS) is 9.88. The van der Waals surface area contributed by atoms with Gasteiger partial charge in [-0.05, 0) is 17.7 Å². The van der Waals surface area contributed by atoms with Crippen molar-refractivity contribution in [3.05, 3.63) is 59.9 Å². The molecule has 1 N–H and O–H groups in total. The molecule has 2 rings (SSSR count). The van der Waals surface area contributed by atoms with E-state index >= 15 is 0 Å². The number of ether oxygens (including phenoxy) is 1. The van der Waals surface area contributed by atoms with Crippen molar-refractivity contribution >= 4 is 5.97 Å². The van der Waals surface area contributed by atoms with E-state index in [1.165, 1.54) is 6.20 Å². The molecule has 0 unspecified atom stereocenters. The van der Waals surface area contributed by atoms with Crippen LogP contribution in [-0.2, 0) is 6.61 Å². The minimum absolute atomic E-state index is 0.0663. The van der Waals surface area contributed by atoms with E-state index in [1.54, 1.807) is 12.1 Å². The summed E-state index contributed by atoms with van der Waals surface area (Å²) >= 11 is 0. The topological polar surface area (TPSA) is 59.4 Å². The van der Waals surface area contributed by atoms with Gasteiger partial charge in [-0.25, -0.2) is 9.78 Å². The van der Waals surface area contributed by atoms with Crippen molar-refractivity contribution in [3.63, 3.8) is 0 Å². The Kier molecular flexibility index (Phi) is 3.35. The second-order valence-corrected chi connectivity index (χ2v) is 3.43. The summed E-state index contributed by atoms with van der Waals surface area (Å²) in [5.74, 6) is -0.808. The van der Waals surface area contributed by atoms with Crippen LogP contribution in [0, 0.1) is 0 Å². The third-order valence-electron chi connectivity index (χ3n) is 2.21. The van der Waals surface area contributed by atoms with Gasteiger partial charge < -0.3 is 9.84 Å². The molecule has 0 saturated carbocycles. The van der Waals surface area contributed by atoms with Gasteiger partial charge >= 0.3 is 5.97 Å². The van der Waals surface area contributed by atoms with Gasteiger partial charge in [0.05, 0.1) is 0 Å². The van der Waals surface area contributed by atoms with Crippen LogP contribution in [0.2, 0.25) is 0 Å². The lowest BCUT2D eigenvalue weighted by molar-refractivity contribution is 0.0685. The van der Waals surface area contributed by atoms with Gasteiger partial charge in [-0.3, -0.25) is 0 Å². The van der Waals surface area contributed by atoms with Crippen molar-refractivity contribution in [2.24, 2.45) is 0 Å². The van der Waals surface area contributed by atoms with Crippen molar-refractivity contribution in [2.75, 3.05) is 0 Å². The van der Waals surface area contributed by atoms with Crippen LogP contribution in [0.1, 0.15) is 16.1 Å². The molecule has 0 aliphatic heterocycles. The van der Waals surface area contributed by atoms with Gasteiger partial charge in [0.25, 0.3) is 0 Å². The molecule has 4 heteroatoms. The summed E-state index contributed by atoms with van der Waals surface area (Å²) in [7, 11) is 0. The molecular weight excluding hydrogens is 218 g/mol. The number of hydrogen-bond acceptors (Lipinski definition) is 3. The highest BCUT2D eigenvalue weighted by Gasteiger charge is 2.11. The minimum atomic E-state index is -1.09. The first-order chi connectivity index (χ1) is 8.27. The lowest BCUT2D eigenvalue weighted by atomic mass is 10.2. The summed E-state index contributed by atoms with van der Waals surface area (Å²) in [5, 5.41) is 8.92. The van der Waals surface area contributed by atoms with Crippen LogP contribution in [0.3, 0.4) is 0 Å². The molecule has 2 aromatic rings. The smallest absolute Gasteiger partial charge is 0.358 e. The fourth-order valence-corrected chi connectivity index (χ4v) is 1.40. The van der Waals surface area contributed by atoms with Crippen molar-refractivity contribution in [1.82, 2.24) is 4.98 Å². The maximum atomic E-state index is 10.9. The number of carboxylic acids is 1. The Morgan fingerprint density at radius 1 is 1.18 bits per heavy atom. The van der Waals surface area contributed by atoms with Crippen molar-refractivity contribution < 1.29 is 14.6 Å². The highest BCUT2D eigenvalue weighted by atomic mass is 16.5. The number of pyridine rings is 1. The summed E-state index contributed by atoms with van der Waals surface area (Å²) in [5.41, 5.74) is 0.913. The van der Waals surface area contributed by atoms with Gasteiger partial charge in [0.2, 0.25) is 0 Å². The highest BCUT2D eigenvalue weighted by Crippen LogP contribution is 2.16. The Morgan fingerprint density at radius 3 is 2.65 bits per heavy atom. The van der Waals surface area contributed by atoms with E-state index in [0.717, 1.165) is 5.56 Å². The number of carbonyl (C=O) groups is 1. The zero-order valence-electron chi connectivity index (χ0n) is 9.04. The third-order valence-corrected chi connectivity index (χ3v) is 2.21. The SMILES string of the molecule is O=C(O)c1ncccc1OCc1ccccc1. The van der Waals surface area contributed by atoms with Crippen LogP contribution in [-0.4, -0.2) is 16.1 Å². The molecule has 0 aliphatic carbocycles. The second-order valence-electron chi connectivity index (χ2n) is 3.43. The molecule has 0 spiro atoms. The van der Waals surface area contributed by atoms with Crippen LogP contribution < -0.4 is 4.74 Å². The molecule has 0 bridgehead atoms. The van der Waals surface area contributed by atoms with E-state index in [1.807, 2.05) is 30.3 Å². The third kappa shape index (κ3) is 2.81. The molecule has 1 aromatic carbocycles. The van der Waals surface area contributed by atoms with E-state index in [0.29, 0.717) is 6.61 Å². The predicted octanol–water partition coefficient (Wildman–Crippen LogP) is 2.36. The van der Waals surface area contributed by atoms with Crippen LogP contribution in [0.4, 0.5) is 0 Å². The minimum Gasteiger partial charge on any atom is -0.486 e. The van der Waals surface area contributed by atoms with Gasteiger partial charge in [0, 0.05) is 6.20 Å². The Labute approximate surface area is 98.5 Å². The molecular formula is C13H11NO3. The van der Waals surface area contributed by atoms with E-state index in [4.69, 9.17) is 9.84 Å². The lowest BCUT2D eigenvalue weighted by Gasteiger charge is -2.07. The molecule has 1 heterocycles. The van der Waals surface area contributed by atoms with E-state index in [9.17, 15) is 4.79 Å². The van der Waals surface area contributed by atoms with Crippen LogP contribution in [0.15, 0.2) is 48.7 Å². The van der Waals surface area contributed by atoms with E-state index in [-0.39, 0.29) is 11.4 Å². The molecule has 1 aromatic heterocycles. The van der Waals surface area contributed by atoms with Gasteiger partial charge in [-0.1, -0.05) is 30.3 Å². The van der Waals surface area contributed by atoms with Crippen LogP contribution in [0.25, 0.3) is 0 Å². The first kappa shape index (κ1) is 11.1. The summed E-state index contributed by atoms with van der Waals surface area (Å²) in [4.78, 5) is 14.7. The highest BCUT2D eigenvalue weighted by molar-refractivity contribution is 5.88. The Hall–Kier alpha value is -2.36. The number of aromatic nitrogens is 1. The number of aromatic carboxylic acids is 1. The summed E-state index contributed by atoms with van der Waals surface area (Å²) in [6.45, 7) is 0.326. The first-order valence-electron chi connectivity index (χ1n) is 5.12. The lowest BCUT2D eigenvalue weighted by Crippen LogP contribution is -2.05. The Morgan fingerprint density at radius 2 is 1.94 bits per heavy atom. The molecule has 0 amide bonds. The monoisotopic (exact) mass is 229 g/mol. The zero-order chi connectivity index (χ0) is 12.1. The molecule has 86 valence electrons. The summed E-state index contributed by atoms with van der Waals surface area (Å²) in [6.07, 6.45) is 1.43. The van der Waals surface area contributed by atoms with Crippen LogP contribution >= 0.6 is 0 Å². The number of nitrogens with zero attached hydrogens (tertiary/aromatic N) is 1. The van der Waals surface area contributed by atoms with E-state index in [2.05, 4.69) is 4.98 Å². The Bertz CT molecular complexity index is 511. The molecule has 0 radical (unpaired) electrons. The molecule has 0 saturated heterocycles. The van der Waals surface area contributed by atoms with E-state index < -0.39 is 5.97 Å². The van der Waals surface area contributed by atoms with Gasteiger partial charge in [-0.2, -0.15) is 0 Å². The van der Waals surface area contributed by atoms with Crippen molar-refractivity contribution in [3.8, 4) is 5.75 Å². The number of rotatable bonds is 4. The van der Waals surface area contributed by atoms with Gasteiger partial charge in [0.1, 0.15) is 6.61 Å². The standard InChI is InChI=1S/C13H11NO3/c15-13(16)12-11(7-4-8-14-12)17-9-10-5-2-1-3-6-10/h1-8H,9H2,(H,15,16). The largest absolute Gasteiger partial charge is 0.486 e. The summed E-state index contributed by atoms with van der Waals surface area (Å²) < 4.78 is 5.44. The van der Waals surface area contributed by atoms with Gasteiger partial charge in [-0.15, -0.1) is 0 Å². The van der Waals surface area contributed by atoms with Crippen molar-refractivity contribution in [1.29, 1.82) is 0 Å². The maximum absolute atomic E-state index is 10.9. The number of hydrogen-bond donors (Lipinski definition) is 1. The predicted molar refractivity (Wildman–Crippen MR) is 62.0 cm³/mol. The molecule has 0 aliphatic rings. The van der Waals surface area contributed by atoms with Crippen LogP contribution in [0.5, 0.6) is 5.75 Å². The number of carboxylic acid groups (broad SMARTS) is 1. The molecule has 4 nitrogen and oxygen atoms in total. The average molecular weight is 229 g/mol.